The van der Waals surface area contributed by atoms with Crippen LogP contribution < -0.4 is 5.73 Å². The van der Waals surface area contributed by atoms with Gasteiger partial charge >= 0.3 is 0 Å². The minimum Gasteiger partial charge on any atom is -0.385 e. The summed E-state index contributed by atoms with van der Waals surface area (Å²) in [5, 5.41) is 8.68. The SMILES string of the molecule is COCCC(C)n1nnc(CCN)c1C1CCC1. The standard InChI is InChI=1S/C13H24N4O/c1-10(7-9-18-2)17-13(11-4-3-5-11)12(6-8-14)15-16-17/h10-11H,3-9,14H2,1-2H3. The first kappa shape index (κ1) is 13.5. The molecule has 0 amide bonds. The van der Waals surface area contributed by atoms with Crippen molar-refractivity contribution in [2.24, 2.45) is 5.73 Å². The Morgan fingerprint density at radius 1 is 1.50 bits per heavy atom. The van der Waals surface area contributed by atoms with E-state index in [0.717, 1.165) is 25.1 Å². The van der Waals surface area contributed by atoms with Gasteiger partial charge in [-0.3, -0.25) is 0 Å². The predicted octanol–water partition coefficient (Wildman–Crippen LogP) is 1.64. The van der Waals surface area contributed by atoms with Crippen LogP contribution in [0.15, 0.2) is 0 Å². The van der Waals surface area contributed by atoms with Crippen molar-refractivity contribution in [2.45, 2.75) is 51.0 Å². The number of hydrogen-bond acceptors (Lipinski definition) is 4. The van der Waals surface area contributed by atoms with E-state index in [-0.39, 0.29) is 0 Å². The van der Waals surface area contributed by atoms with Crippen LogP contribution in [-0.4, -0.2) is 35.3 Å². The van der Waals surface area contributed by atoms with Gasteiger partial charge in [-0.25, -0.2) is 4.68 Å². The van der Waals surface area contributed by atoms with Gasteiger partial charge in [0.25, 0.3) is 0 Å². The Morgan fingerprint density at radius 3 is 2.83 bits per heavy atom. The van der Waals surface area contributed by atoms with Gasteiger partial charge in [0.2, 0.25) is 0 Å². The molecule has 1 atom stereocenters. The zero-order chi connectivity index (χ0) is 13.0. The van der Waals surface area contributed by atoms with Crippen molar-refractivity contribution in [1.29, 1.82) is 0 Å². The van der Waals surface area contributed by atoms with E-state index < -0.39 is 0 Å². The molecule has 1 aliphatic carbocycles. The van der Waals surface area contributed by atoms with Gasteiger partial charge in [-0.1, -0.05) is 11.6 Å². The van der Waals surface area contributed by atoms with E-state index in [0.29, 0.717) is 18.5 Å². The van der Waals surface area contributed by atoms with Crippen molar-refractivity contribution in [1.82, 2.24) is 15.0 Å². The van der Waals surface area contributed by atoms with Crippen molar-refractivity contribution >= 4 is 0 Å². The molecule has 1 aromatic rings. The van der Waals surface area contributed by atoms with Crippen LogP contribution in [-0.2, 0) is 11.2 Å². The number of methoxy groups -OCH3 is 1. The molecule has 5 heteroatoms. The molecular weight excluding hydrogens is 228 g/mol. The Morgan fingerprint density at radius 2 is 2.28 bits per heavy atom. The number of nitrogens with two attached hydrogens (primary N) is 1. The second-order valence-corrected chi connectivity index (χ2v) is 5.16. The van der Waals surface area contributed by atoms with Crippen LogP contribution in [0.25, 0.3) is 0 Å². The molecule has 0 bridgehead atoms. The van der Waals surface area contributed by atoms with Gasteiger partial charge in [-0.05, 0) is 32.7 Å². The third-order valence-corrected chi connectivity index (χ3v) is 3.83. The Hall–Kier alpha value is -0.940. The molecule has 1 fully saturated rings. The van der Waals surface area contributed by atoms with Crippen molar-refractivity contribution in [2.75, 3.05) is 20.3 Å². The first-order chi connectivity index (χ1) is 8.77. The molecule has 2 N–H and O–H groups in total. The number of nitrogens with zero attached hydrogens (tertiary/aromatic N) is 3. The molecule has 1 saturated carbocycles. The van der Waals surface area contributed by atoms with Crippen molar-refractivity contribution in [3.63, 3.8) is 0 Å². The summed E-state index contributed by atoms with van der Waals surface area (Å²) in [6, 6.07) is 0.347. The van der Waals surface area contributed by atoms with E-state index in [2.05, 4.69) is 21.9 Å². The van der Waals surface area contributed by atoms with E-state index in [4.69, 9.17) is 10.5 Å². The smallest absolute Gasteiger partial charge is 0.0874 e. The summed E-state index contributed by atoms with van der Waals surface area (Å²) in [7, 11) is 1.74. The zero-order valence-corrected chi connectivity index (χ0v) is 11.4. The van der Waals surface area contributed by atoms with Crippen LogP contribution in [0.1, 0.15) is 56.0 Å². The third-order valence-electron chi connectivity index (χ3n) is 3.83. The molecule has 18 heavy (non-hydrogen) atoms. The molecule has 2 rings (SSSR count). The van der Waals surface area contributed by atoms with Gasteiger partial charge in [0, 0.05) is 26.1 Å². The van der Waals surface area contributed by atoms with Gasteiger partial charge in [-0.2, -0.15) is 0 Å². The van der Waals surface area contributed by atoms with Crippen LogP contribution in [0, 0.1) is 0 Å². The lowest BCUT2D eigenvalue weighted by molar-refractivity contribution is 0.176. The highest BCUT2D eigenvalue weighted by atomic mass is 16.5. The second-order valence-electron chi connectivity index (χ2n) is 5.16. The van der Waals surface area contributed by atoms with Gasteiger partial charge in [0.05, 0.1) is 17.4 Å². The molecule has 5 nitrogen and oxygen atoms in total. The van der Waals surface area contributed by atoms with Crippen molar-refractivity contribution in [3.8, 4) is 0 Å². The summed E-state index contributed by atoms with van der Waals surface area (Å²) in [6.45, 7) is 3.59. The normalized spacial score (nSPS) is 17.7. The zero-order valence-electron chi connectivity index (χ0n) is 11.4. The summed E-state index contributed by atoms with van der Waals surface area (Å²) in [5.74, 6) is 0.645. The molecule has 0 aliphatic heterocycles. The first-order valence-electron chi connectivity index (χ1n) is 6.90. The molecule has 1 aliphatic rings. The molecule has 0 saturated heterocycles. The highest BCUT2D eigenvalue weighted by Gasteiger charge is 2.28. The second kappa shape index (κ2) is 6.29. The van der Waals surface area contributed by atoms with Crippen molar-refractivity contribution in [3.05, 3.63) is 11.4 Å². The highest BCUT2D eigenvalue weighted by Crippen LogP contribution is 2.38. The topological polar surface area (TPSA) is 66.0 Å². The average molecular weight is 252 g/mol. The lowest BCUT2D eigenvalue weighted by Gasteiger charge is -2.28. The van der Waals surface area contributed by atoms with Crippen molar-refractivity contribution < 1.29 is 4.74 Å². The number of aromatic nitrogens is 3. The van der Waals surface area contributed by atoms with E-state index in [1.807, 2.05) is 0 Å². The lowest BCUT2D eigenvalue weighted by atomic mass is 9.81. The fourth-order valence-electron chi connectivity index (χ4n) is 2.49. The average Bonchev–Trinajstić information content (AvgIpc) is 2.69. The van der Waals surface area contributed by atoms with Crippen LogP contribution in [0.2, 0.25) is 0 Å². The molecule has 1 aromatic heterocycles. The molecule has 1 heterocycles. The van der Waals surface area contributed by atoms with Gasteiger partial charge < -0.3 is 10.5 Å². The van der Waals surface area contributed by atoms with Gasteiger partial charge in [0.1, 0.15) is 0 Å². The van der Waals surface area contributed by atoms with Gasteiger partial charge in [-0.15, -0.1) is 5.10 Å². The maximum absolute atomic E-state index is 5.66. The molecule has 1 unspecified atom stereocenters. The maximum Gasteiger partial charge on any atom is 0.0874 e. The highest BCUT2D eigenvalue weighted by molar-refractivity contribution is 5.19. The monoisotopic (exact) mass is 252 g/mol. The number of hydrogen-bond donors (Lipinski definition) is 1. The fourth-order valence-corrected chi connectivity index (χ4v) is 2.49. The Kier molecular flexibility index (Phi) is 4.72. The maximum atomic E-state index is 5.66. The van der Waals surface area contributed by atoms with Crippen LogP contribution >= 0.6 is 0 Å². The van der Waals surface area contributed by atoms with E-state index >= 15 is 0 Å². The fraction of sp³-hybridized carbons (Fsp3) is 0.846. The molecule has 102 valence electrons. The molecule has 0 spiro atoms. The van der Waals surface area contributed by atoms with E-state index in [1.165, 1.54) is 25.0 Å². The summed E-state index contributed by atoms with van der Waals surface area (Å²) >= 11 is 0. The molecule has 0 aromatic carbocycles. The quantitative estimate of drug-likeness (QED) is 0.801. The Labute approximate surface area is 109 Å². The molecular formula is C13H24N4O. The first-order valence-corrected chi connectivity index (χ1v) is 6.90. The predicted molar refractivity (Wildman–Crippen MR) is 70.6 cm³/mol. The van der Waals surface area contributed by atoms with E-state index in [1.54, 1.807) is 7.11 Å². The summed E-state index contributed by atoms with van der Waals surface area (Å²) < 4.78 is 7.25. The lowest BCUT2D eigenvalue weighted by Crippen LogP contribution is -2.20. The summed E-state index contributed by atoms with van der Waals surface area (Å²) in [6.07, 6.45) is 5.67. The largest absolute Gasteiger partial charge is 0.385 e. The number of ether oxygens (including phenoxy) is 1. The van der Waals surface area contributed by atoms with Crippen LogP contribution in [0.4, 0.5) is 0 Å². The van der Waals surface area contributed by atoms with Gasteiger partial charge in [0.15, 0.2) is 0 Å². The number of rotatable bonds is 7. The third kappa shape index (κ3) is 2.72. The minimum atomic E-state index is 0.347. The Bertz CT molecular complexity index is 373. The molecule has 0 radical (unpaired) electrons. The van der Waals surface area contributed by atoms with Crippen LogP contribution in [0.5, 0.6) is 0 Å². The van der Waals surface area contributed by atoms with E-state index in [9.17, 15) is 0 Å². The van der Waals surface area contributed by atoms with Crippen LogP contribution in [0.3, 0.4) is 0 Å². The summed E-state index contributed by atoms with van der Waals surface area (Å²) in [4.78, 5) is 0. The Balaban J connectivity index is 2.17. The summed E-state index contributed by atoms with van der Waals surface area (Å²) in [5.41, 5.74) is 8.09. The minimum absolute atomic E-state index is 0.347.